The number of rotatable bonds is 4. The van der Waals surface area contributed by atoms with E-state index < -0.39 is 0 Å². The molecule has 44 heavy (non-hydrogen) atoms. The van der Waals surface area contributed by atoms with Crippen molar-refractivity contribution in [3.63, 3.8) is 0 Å². The fourth-order valence-corrected chi connectivity index (χ4v) is 7.83. The molecule has 0 N–H and O–H groups in total. The second kappa shape index (κ2) is 9.82. The fraction of sp³-hybridized carbons (Fsp3) is 0.163. The number of para-hydroxylation sites is 1. The van der Waals surface area contributed by atoms with Crippen LogP contribution in [-0.2, 0) is 11.8 Å². The highest BCUT2D eigenvalue weighted by atomic mass is 16.3. The number of benzene rings is 6. The van der Waals surface area contributed by atoms with Gasteiger partial charge in [-0.15, -0.1) is 0 Å². The summed E-state index contributed by atoms with van der Waals surface area (Å²) < 4.78 is 6.69. The molecule has 1 nitrogen and oxygen atoms in total. The van der Waals surface area contributed by atoms with Gasteiger partial charge in [0.25, 0.3) is 0 Å². The lowest BCUT2D eigenvalue weighted by molar-refractivity contribution is 0.557. The van der Waals surface area contributed by atoms with Crippen LogP contribution in [0, 0.1) is 6.92 Å². The van der Waals surface area contributed by atoms with Crippen LogP contribution in [0.3, 0.4) is 0 Å². The Morgan fingerprint density at radius 1 is 0.614 bits per heavy atom. The highest BCUT2D eigenvalue weighted by Crippen LogP contribution is 2.54. The van der Waals surface area contributed by atoms with Crippen LogP contribution in [0.1, 0.15) is 55.7 Å². The molecule has 0 fully saturated rings. The molecular weight excluding hydrogens is 532 g/mol. The van der Waals surface area contributed by atoms with E-state index in [1.54, 1.807) is 0 Å². The Hall–Kier alpha value is -4.88. The van der Waals surface area contributed by atoms with Crippen LogP contribution in [0.25, 0.3) is 72.0 Å². The summed E-state index contributed by atoms with van der Waals surface area (Å²) in [6.07, 6.45) is 5.15. The summed E-state index contributed by atoms with van der Waals surface area (Å²) in [5.41, 5.74) is 13.9. The van der Waals surface area contributed by atoms with E-state index in [-0.39, 0.29) is 5.41 Å². The standard InChI is InChI=1S/C43H36O/c1-6-14-27-31-18-12-20-34(42(31)44-38(27)7-2)39-28-15-8-9-16-29(28)40(35-25-26(3)23-24-30(35)39)33-19-13-22-37-41(33)32-17-10-11-21-36(32)43(37,4)5/h6,8-25H,7H2,1-5H3/b14-6-. The maximum Gasteiger partial charge on any atom is 0.142 e. The summed E-state index contributed by atoms with van der Waals surface area (Å²) in [5.74, 6) is 1.03. The van der Waals surface area contributed by atoms with Crippen LogP contribution >= 0.6 is 0 Å². The van der Waals surface area contributed by atoms with E-state index in [9.17, 15) is 0 Å². The third-order valence-electron chi connectivity index (χ3n) is 9.81. The van der Waals surface area contributed by atoms with Gasteiger partial charge in [-0.25, -0.2) is 0 Å². The van der Waals surface area contributed by atoms with Crippen LogP contribution < -0.4 is 0 Å². The van der Waals surface area contributed by atoms with Crippen LogP contribution in [0.2, 0.25) is 0 Å². The Kier molecular flexibility index (Phi) is 5.97. The molecule has 1 heteroatoms. The van der Waals surface area contributed by atoms with Crippen molar-refractivity contribution in [2.75, 3.05) is 0 Å². The Morgan fingerprint density at radius 2 is 1.23 bits per heavy atom. The van der Waals surface area contributed by atoms with Gasteiger partial charge in [-0.1, -0.05) is 142 Å². The zero-order chi connectivity index (χ0) is 30.2. The molecule has 0 amide bonds. The molecule has 0 saturated carbocycles. The van der Waals surface area contributed by atoms with Crippen LogP contribution in [0.4, 0.5) is 0 Å². The predicted molar refractivity (Wildman–Crippen MR) is 188 cm³/mol. The van der Waals surface area contributed by atoms with E-state index in [0.717, 1.165) is 23.3 Å². The SMILES string of the molecule is C/C=C\c1c(CC)oc2c(-c3c4ccccc4c(-c4cccc5c4-c4ccccc4C5(C)C)c4cc(C)ccc34)cccc12. The summed E-state index contributed by atoms with van der Waals surface area (Å²) in [6, 6.07) is 38.4. The summed E-state index contributed by atoms with van der Waals surface area (Å²) in [5, 5.41) is 6.22. The minimum absolute atomic E-state index is 0.0556. The number of furan rings is 1. The third-order valence-corrected chi connectivity index (χ3v) is 9.81. The highest BCUT2D eigenvalue weighted by Gasteiger charge is 2.37. The van der Waals surface area contributed by atoms with Crippen molar-refractivity contribution in [3.8, 4) is 33.4 Å². The lowest BCUT2D eigenvalue weighted by Gasteiger charge is -2.22. The third kappa shape index (κ3) is 3.65. The van der Waals surface area contributed by atoms with E-state index in [2.05, 4.69) is 150 Å². The molecule has 1 aliphatic carbocycles. The Labute approximate surface area is 259 Å². The number of fused-ring (bicyclic) bond motifs is 6. The van der Waals surface area contributed by atoms with Crippen molar-refractivity contribution < 1.29 is 4.42 Å². The summed E-state index contributed by atoms with van der Waals surface area (Å²) >= 11 is 0. The van der Waals surface area contributed by atoms with Crippen LogP contribution in [-0.4, -0.2) is 0 Å². The smallest absolute Gasteiger partial charge is 0.142 e. The zero-order valence-corrected chi connectivity index (χ0v) is 26.1. The molecule has 6 aromatic carbocycles. The minimum Gasteiger partial charge on any atom is -0.460 e. The Balaban J connectivity index is 1.54. The van der Waals surface area contributed by atoms with E-state index in [1.807, 2.05) is 0 Å². The van der Waals surface area contributed by atoms with Gasteiger partial charge in [-0.2, -0.15) is 0 Å². The number of aryl methyl sites for hydroxylation is 2. The molecule has 8 rings (SSSR count). The highest BCUT2D eigenvalue weighted by molar-refractivity contribution is 6.24. The maximum atomic E-state index is 6.69. The van der Waals surface area contributed by atoms with Gasteiger partial charge in [-0.05, 0) is 68.8 Å². The molecule has 0 atom stereocenters. The first-order chi connectivity index (χ1) is 21.4. The van der Waals surface area contributed by atoms with Gasteiger partial charge >= 0.3 is 0 Å². The first-order valence-electron chi connectivity index (χ1n) is 15.8. The summed E-state index contributed by atoms with van der Waals surface area (Å²) in [7, 11) is 0. The minimum atomic E-state index is -0.0556. The van der Waals surface area contributed by atoms with Gasteiger partial charge in [0.05, 0.1) is 0 Å². The van der Waals surface area contributed by atoms with Gasteiger partial charge in [0, 0.05) is 33.9 Å². The van der Waals surface area contributed by atoms with Gasteiger partial charge in [0.2, 0.25) is 0 Å². The Morgan fingerprint density at radius 3 is 2.00 bits per heavy atom. The summed E-state index contributed by atoms with van der Waals surface area (Å²) in [6.45, 7) is 11.2. The first-order valence-corrected chi connectivity index (χ1v) is 15.8. The molecule has 7 aromatic rings. The Bertz CT molecular complexity index is 2310. The number of hydrogen-bond donors (Lipinski definition) is 0. The van der Waals surface area contributed by atoms with Gasteiger partial charge in [0.15, 0.2) is 0 Å². The van der Waals surface area contributed by atoms with Crippen molar-refractivity contribution >= 4 is 38.6 Å². The van der Waals surface area contributed by atoms with Crippen molar-refractivity contribution in [1.29, 1.82) is 0 Å². The molecular formula is C43H36O. The largest absolute Gasteiger partial charge is 0.460 e. The monoisotopic (exact) mass is 568 g/mol. The molecule has 0 spiro atoms. The number of allylic oxidation sites excluding steroid dienone is 1. The lowest BCUT2D eigenvalue weighted by atomic mass is 9.80. The van der Waals surface area contributed by atoms with E-state index in [1.165, 1.54) is 77.0 Å². The fourth-order valence-electron chi connectivity index (χ4n) is 7.83. The van der Waals surface area contributed by atoms with Gasteiger partial charge in [-0.3, -0.25) is 0 Å². The van der Waals surface area contributed by atoms with Crippen molar-refractivity contribution in [3.05, 3.63) is 137 Å². The molecule has 0 saturated heterocycles. The first kappa shape index (κ1) is 26.7. The molecule has 1 aliphatic rings. The molecule has 214 valence electrons. The normalized spacial score (nSPS) is 13.8. The quantitative estimate of drug-likeness (QED) is 0.192. The summed E-state index contributed by atoms with van der Waals surface area (Å²) in [4.78, 5) is 0. The van der Waals surface area contributed by atoms with Crippen molar-refractivity contribution in [2.24, 2.45) is 0 Å². The molecule has 0 unspecified atom stereocenters. The molecule has 1 aromatic heterocycles. The topological polar surface area (TPSA) is 13.1 Å². The van der Waals surface area contributed by atoms with E-state index in [0.29, 0.717) is 0 Å². The average Bonchev–Trinajstić information content (AvgIpc) is 3.52. The van der Waals surface area contributed by atoms with Crippen LogP contribution in [0.15, 0.2) is 114 Å². The zero-order valence-electron chi connectivity index (χ0n) is 26.1. The second-order valence-corrected chi connectivity index (χ2v) is 12.7. The molecule has 0 aliphatic heterocycles. The van der Waals surface area contributed by atoms with Crippen molar-refractivity contribution in [1.82, 2.24) is 0 Å². The predicted octanol–water partition coefficient (Wildman–Crippen LogP) is 12.3. The average molecular weight is 569 g/mol. The van der Waals surface area contributed by atoms with Gasteiger partial charge in [0.1, 0.15) is 11.3 Å². The van der Waals surface area contributed by atoms with Crippen LogP contribution in [0.5, 0.6) is 0 Å². The second-order valence-electron chi connectivity index (χ2n) is 12.7. The lowest BCUT2D eigenvalue weighted by Crippen LogP contribution is -2.14. The van der Waals surface area contributed by atoms with E-state index in [4.69, 9.17) is 4.42 Å². The molecule has 0 bridgehead atoms. The molecule has 0 radical (unpaired) electrons. The molecule has 1 heterocycles. The van der Waals surface area contributed by atoms with Gasteiger partial charge < -0.3 is 4.42 Å². The van der Waals surface area contributed by atoms with E-state index >= 15 is 0 Å². The van der Waals surface area contributed by atoms with Crippen molar-refractivity contribution in [2.45, 2.75) is 46.5 Å². The maximum absolute atomic E-state index is 6.69. The number of hydrogen-bond acceptors (Lipinski definition) is 1.